The van der Waals surface area contributed by atoms with E-state index in [4.69, 9.17) is 4.52 Å². The molecule has 0 radical (unpaired) electrons. The molecule has 1 atom stereocenters. The van der Waals surface area contributed by atoms with Gasteiger partial charge in [0.25, 0.3) is 0 Å². The van der Waals surface area contributed by atoms with Crippen molar-refractivity contribution in [2.45, 2.75) is 20.3 Å². The lowest BCUT2D eigenvalue weighted by Gasteiger charge is -2.43. The molecule has 2 aromatic carbocycles. The van der Waals surface area contributed by atoms with Gasteiger partial charge in [0.05, 0.1) is 18.8 Å². The Labute approximate surface area is 138 Å². The van der Waals surface area contributed by atoms with Crippen molar-refractivity contribution in [3.05, 3.63) is 65.7 Å². The quantitative estimate of drug-likeness (QED) is 0.786. The molecule has 120 valence electrons. The molecular weight excluding hydrogens is 305 g/mol. The fourth-order valence-corrected chi connectivity index (χ4v) is 5.53. The summed E-state index contributed by atoms with van der Waals surface area (Å²) >= 11 is 0. The maximum Gasteiger partial charge on any atom is 0.230 e. The molecule has 0 bridgehead atoms. The van der Waals surface area contributed by atoms with Gasteiger partial charge in [-0.3, -0.25) is 0 Å². The zero-order valence-electron chi connectivity index (χ0n) is 13.6. The largest absolute Gasteiger partial charge is 0.633 e. The average molecular weight is 327 g/mol. The first kappa shape index (κ1) is 16.2. The fraction of sp³-hybridized carbons (Fsp3) is 0.263. The van der Waals surface area contributed by atoms with E-state index < -0.39 is 7.87 Å². The lowest BCUT2D eigenvalue weighted by atomic mass is 10.1. The molecule has 3 nitrogen and oxygen atoms in total. The minimum atomic E-state index is -3.09. The van der Waals surface area contributed by atoms with Gasteiger partial charge < -0.3 is 4.89 Å². The van der Waals surface area contributed by atoms with E-state index in [0.717, 1.165) is 28.5 Å². The minimum absolute atomic E-state index is 0.425. The molecule has 2 aromatic rings. The smallest absolute Gasteiger partial charge is 0.230 e. The van der Waals surface area contributed by atoms with Gasteiger partial charge in [0.1, 0.15) is 5.30 Å². The van der Waals surface area contributed by atoms with Crippen molar-refractivity contribution in [1.29, 1.82) is 0 Å². The van der Waals surface area contributed by atoms with E-state index in [1.165, 1.54) is 0 Å². The number of benzene rings is 2. The lowest BCUT2D eigenvalue weighted by Crippen LogP contribution is -2.42. The summed E-state index contributed by atoms with van der Waals surface area (Å²) in [5.41, 5.74) is 3.02. The SMILES string of the molecule is CCCN1C(c2ccccc2)=Cc2ccccc2[P+]1([O-])OCC. The summed E-state index contributed by atoms with van der Waals surface area (Å²) in [6.45, 7) is 5.12. The van der Waals surface area contributed by atoms with Gasteiger partial charge in [-0.2, -0.15) is 0 Å². The van der Waals surface area contributed by atoms with Crippen LogP contribution >= 0.6 is 7.87 Å². The molecule has 4 heteroatoms. The highest BCUT2D eigenvalue weighted by molar-refractivity contribution is 7.70. The predicted octanol–water partition coefficient (Wildman–Crippen LogP) is 3.70. The van der Waals surface area contributed by atoms with Crippen molar-refractivity contribution in [3.63, 3.8) is 0 Å². The van der Waals surface area contributed by atoms with E-state index in [1.807, 2.05) is 54.1 Å². The first-order chi connectivity index (χ1) is 11.2. The Kier molecular flexibility index (Phi) is 4.82. The zero-order chi connectivity index (χ0) is 16.3. The summed E-state index contributed by atoms with van der Waals surface area (Å²) in [5.74, 6) is 0. The molecule has 1 aliphatic rings. The Bertz CT molecular complexity index is 702. The molecule has 0 amide bonds. The molecule has 1 aliphatic heterocycles. The van der Waals surface area contributed by atoms with Crippen LogP contribution in [0.5, 0.6) is 0 Å². The van der Waals surface area contributed by atoms with Crippen molar-refractivity contribution < 1.29 is 9.42 Å². The standard InChI is InChI=1S/C19H22NO2P/c1-3-14-20-18(16-10-6-5-7-11-16)15-17-12-8-9-13-19(17)23(20,21)22-4-2/h5-13,15H,3-4,14H2,1-2H3. The van der Waals surface area contributed by atoms with E-state index in [9.17, 15) is 4.89 Å². The van der Waals surface area contributed by atoms with Crippen molar-refractivity contribution in [3.8, 4) is 0 Å². The Morgan fingerprint density at radius 3 is 2.39 bits per heavy atom. The minimum Gasteiger partial charge on any atom is -0.633 e. The van der Waals surface area contributed by atoms with Gasteiger partial charge in [-0.15, -0.1) is 0 Å². The van der Waals surface area contributed by atoms with Crippen LogP contribution in [0.3, 0.4) is 0 Å². The van der Waals surface area contributed by atoms with Crippen molar-refractivity contribution in [2.75, 3.05) is 13.2 Å². The van der Waals surface area contributed by atoms with Crippen LogP contribution in [0.1, 0.15) is 31.4 Å². The predicted molar refractivity (Wildman–Crippen MR) is 95.9 cm³/mol. The second-order valence-electron chi connectivity index (χ2n) is 5.52. The molecule has 0 N–H and O–H groups in total. The second kappa shape index (κ2) is 6.84. The molecule has 0 fully saturated rings. The van der Waals surface area contributed by atoms with Gasteiger partial charge in [0.2, 0.25) is 7.87 Å². The normalized spacial score (nSPS) is 20.1. The second-order valence-corrected chi connectivity index (χ2v) is 7.78. The highest BCUT2D eigenvalue weighted by atomic mass is 31.2. The highest BCUT2D eigenvalue weighted by Crippen LogP contribution is 2.60. The number of rotatable bonds is 5. The number of fused-ring (bicyclic) bond motifs is 1. The van der Waals surface area contributed by atoms with Crippen LogP contribution in [-0.2, 0) is 4.52 Å². The molecule has 1 unspecified atom stereocenters. The molecule has 3 rings (SSSR count). The third-order valence-electron chi connectivity index (χ3n) is 3.94. The molecule has 1 heterocycles. The number of hydrogen-bond donors (Lipinski definition) is 0. The van der Waals surface area contributed by atoms with Crippen LogP contribution in [0.15, 0.2) is 54.6 Å². The van der Waals surface area contributed by atoms with Crippen LogP contribution in [0.2, 0.25) is 0 Å². The van der Waals surface area contributed by atoms with Crippen LogP contribution in [0.25, 0.3) is 11.8 Å². The van der Waals surface area contributed by atoms with Crippen molar-refractivity contribution in [2.24, 2.45) is 0 Å². The maximum absolute atomic E-state index is 13.8. The first-order valence-electron chi connectivity index (χ1n) is 8.10. The Hall–Kier alpha value is -1.67. The van der Waals surface area contributed by atoms with Gasteiger partial charge in [-0.05, 0) is 25.5 Å². The monoisotopic (exact) mass is 327 g/mol. The highest BCUT2D eigenvalue weighted by Gasteiger charge is 2.44. The molecule has 0 spiro atoms. The Balaban J connectivity index is 2.20. The topological polar surface area (TPSA) is 35.5 Å². The molecular formula is C19H22NO2P. The van der Waals surface area contributed by atoms with Gasteiger partial charge in [0.15, 0.2) is 0 Å². The third kappa shape index (κ3) is 2.92. The van der Waals surface area contributed by atoms with E-state index >= 15 is 0 Å². The average Bonchev–Trinajstić information content (AvgIpc) is 2.59. The summed E-state index contributed by atoms with van der Waals surface area (Å²) < 4.78 is 7.82. The van der Waals surface area contributed by atoms with Crippen LogP contribution < -0.4 is 10.2 Å². The van der Waals surface area contributed by atoms with Gasteiger partial charge in [-0.1, -0.05) is 55.5 Å². The summed E-state index contributed by atoms with van der Waals surface area (Å²) in [5, 5.41) is 0.801. The Morgan fingerprint density at radius 1 is 1.00 bits per heavy atom. The van der Waals surface area contributed by atoms with Crippen LogP contribution in [0, 0.1) is 0 Å². The van der Waals surface area contributed by atoms with Crippen LogP contribution in [-0.4, -0.2) is 17.8 Å². The zero-order valence-corrected chi connectivity index (χ0v) is 14.5. The summed E-state index contributed by atoms with van der Waals surface area (Å²) in [6, 6.07) is 17.9. The maximum atomic E-state index is 13.8. The van der Waals surface area contributed by atoms with Gasteiger partial charge in [0, 0.05) is 11.1 Å². The van der Waals surface area contributed by atoms with Crippen molar-refractivity contribution in [1.82, 2.24) is 4.67 Å². The molecule has 23 heavy (non-hydrogen) atoms. The lowest BCUT2D eigenvalue weighted by molar-refractivity contribution is -0.198. The Morgan fingerprint density at radius 2 is 1.70 bits per heavy atom. The fourth-order valence-electron chi connectivity index (χ4n) is 2.98. The van der Waals surface area contributed by atoms with E-state index in [0.29, 0.717) is 13.2 Å². The van der Waals surface area contributed by atoms with Crippen LogP contribution in [0.4, 0.5) is 0 Å². The third-order valence-corrected chi connectivity index (χ3v) is 6.61. The summed E-state index contributed by atoms with van der Waals surface area (Å²) in [6.07, 6.45) is 3.03. The summed E-state index contributed by atoms with van der Waals surface area (Å²) in [7, 11) is -3.09. The van der Waals surface area contributed by atoms with Crippen molar-refractivity contribution >= 4 is 24.9 Å². The molecule has 0 aromatic heterocycles. The first-order valence-corrected chi connectivity index (χ1v) is 9.67. The molecule has 0 saturated carbocycles. The molecule has 0 aliphatic carbocycles. The number of hydrogen-bond acceptors (Lipinski definition) is 3. The van der Waals surface area contributed by atoms with E-state index in [2.05, 4.69) is 25.1 Å². The summed E-state index contributed by atoms with van der Waals surface area (Å²) in [4.78, 5) is 13.8. The van der Waals surface area contributed by atoms with Gasteiger partial charge in [-0.25, -0.2) is 9.19 Å². The van der Waals surface area contributed by atoms with E-state index in [1.54, 1.807) is 0 Å². The number of nitrogens with zero attached hydrogens (tertiary/aromatic N) is 1. The van der Waals surface area contributed by atoms with E-state index in [-0.39, 0.29) is 0 Å². The van der Waals surface area contributed by atoms with Gasteiger partial charge >= 0.3 is 0 Å². The molecule has 0 saturated heterocycles.